The topological polar surface area (TPSA) is 59.1 Å². The summed E-state index contributed by atoms with van der Waals surface area (Å²) in [6.07, 6.45) is 4.10. The maximum atomic E-state index is 13.5. The van der Waals surface area contributed by atoms with Gasteiger partial charge in [-0.05, 0) is 43.5 Å². The molecule has 5 nitrogen and oxygen atoms in total. The molecule has 0 radical (unpaired) electrons. The summed E-state index contributed by atoms with van der Waals surface area (Å²) in [5.41, 5.74) is 1.23. The zero-order valence-electron chi connectivity index (χ0n) is 12.5. The minimum absolute atomic E-state index is 0.248. The summed E-state index contributed by atoms with van der Waals surface area (Å²) >= 11 is 0. The van der Waals surface area contributed by atoms with E-state index in [4.69, 9.17) is 4.74 Å². The molecule has 0 aliphatic carbocycles. The van der Waals surface area contributed by atoms with Gasteiger partial charge in [-0.25, -0.2) is 9.37 Å². The molecule has 0 amide bonds. The highest BCUT2D eigenvalue weighted by Crippen LogP contribution is 2.18. The van der Waals surface area contributed by atoms with E-state index >= 15 is 0 Å². The van der Waals surface area contributed by atoms with Gasteiger partial charge in [0.05, 0.1) is 6.10 Å². The van der Waals surface area contributed by atoms with Crippen LogP contribution in [0.5, 0.6) is 0 Å². The standard InChI is InChI=1S/C16H19FN4O/c1-11-4-5-12(9-14(11)17)20-16-18-7-6-15(21-16)19-10-13-3-2-8-22-13/h4-7,9,13H,2-3,8,10H2,1H3,(H2,18,19,20,21). The van der Waals surface area contributed by atoms with Crippen LogP contribution < -0.4 is 10.6 Å². The van der Waals surface area contributed by atoms with Gasteiger partial charge in [-0.3, -0.25) is 0 Å². The molecule has 3 rings (SSSR count). The van der Waals surface area contributed by atoms with Gasteiger partial charge in [0.2, 0.25) is 5.95 Å². The smallest absolute Gasteiger partial charge is 0.229 e. The minimum atomic E-state index is -0.252. The zero-order chi connectivity index (χ0) is 15.4. The number of aryl methyl sites for hydroxylation is 1. The molecule has 22 heavy (non-hydrogen) atoms. The van der Waals surface area contributed by atoms with Crippen LogP contribution in [-0.4, -0.2) is 29.2 Å². The molecular weight excluding hydrogens is 283 g/mol. The van der Waals surface area contributed by atoms with Gasteiger partial charge in [0.25, 0.3) is 0 Å². The maximum absolute atomic E-state index is 13.5. The van der Waals surface area contributed by atoms with Crippen molar-refractivity contribution in [3.8, 4) is 0 Å². The second kappa shape index (κ2) is 6.70. The molecule has 1 aliphatic heterocycles. The van der Waals surface area contributed by atoms with Crippen molar-refractivity contribution in [1.29, 1.82) is 0 Å². The highest BCUT2D eigenvalue weighted by molar-refractivity contribution is 5.55. The van der Waals surface area contributed by atoms with Crippen LogP contribution in [0.2, 0.25) is 0 Å². The summed E-state index contributed by atoms with van der Waals surface area (Å²) in [7, 11) is 0. The first-order valence-corrected chi connectivity index (χ1v) is 7.42. The Hall–Kier alpha value is -2.21. The number of nitrogens with zero attached hydrogens (tertiary/aromatic N) is 2. The molecule has 116 valence electrons. The Morgan fingerprint density at radius 3 is 3.05 bits per heavy atom. The molecule has 6 heteroatoms. The summed E-state index contributed by atoms with van der Waals surface area (Å²) in [6, 6.07) is 6.76. The first kappa shape index (κ1) is 14.7. The second-order valence-corrected chi connectivity index (χ2v) is 5.37. The predicted octanol–water partition coefficient (Wildman–Crippen LogP) is 3.26. The number of nitrogens with one attached hydrogen (secondary N) is 2. The van der Waals surface area contributed by atoms with E-state index < -0.39 is 0 Å². The van der Waals surface area contributed by atoms with Crippen molar-refractivity contribution in [3.63, 3.8) is 0 Å². The van der Waals surface area contributed by atoms with Crippen molar-refractivity contribution < 1.29 is 9.13 Å². The molecule has 1 saturated heterocycles. The number of hydrogen-bond donors (Lipinski definition) is 2. The third-order valence-corrected chi connectivity index (χ3v) is 3.62. The van der Waals surface area contributed by atoms with Crippen LogP contribution in [0.4, 0.5) is 21.8 Å². The van der Waals surface area contributed by atoms with Crippen LogP contribution in [0.25, 0.3) is 0 Å². The number of aromatic nitrogens is 2. The third-order valence-electron chi connectivity index (χ3n) is 3.62. The van der Waals surface area contributed by atoms with Gasteiger partial charge in [0.1, 0.15) is 11.6 Å². The second-order valence-electron chi connectivity index (χ2n) is 5.37. The lowest BCUT2D eigenvalue weighted by Gasteiger charge is -2.12. The summed E-state index contributed by atoms with van der Waals surface area (Å²) in [4.78, 5) is 8.52. The van der Waals surface area contributed by atoms with Gasteiger partial charge in [-0.2, -0.15) is 4.98 Å². The SMILES string of the molecule is Cc1ccc(Nc2nccc(NCC3CCCO3)n2)cc1F. The number of anilines is 3. The molecule has 1 atom stereocenters. The summed E-state index contributed by atoms with van der Waals surface area (Å²) < 4.78 is 19.1. The van der Waals surface area contributed by atoms with Crippen LogP contribution in [0.3, 0.4) is 0 Å². The van der Waals surface area contributed by atoms with E-state index in [0.29, 0.717) is 17.2 Å². The monoisotopic (exact) mass is 302 g/mol. The zero-order valence-corrected chi connectivity index (χ0v) is 12.5. The maximum Gasteiger partial charge on any atom is 0.229 e. The molecular formula is C16H19FN4O. The first-order chi connectivity index (χ1) is 10.7. The molecule has 2 heterocycles. The number of hydrogen-bond acceptors (Lipinski definition) is 5. The lowest BCUT2D eigenvalue weighted by Crippen LogP contribution is -2.19. The predicted molar refractivity (Wildman–Crippen MR) is 83.9 cm³/mol. The van der Waals surface area contributed by atoms with E-state index in [1.807, 2.05) is 0 Å². The fraction of sp³-hybridized carbons (Fsp3) is 0.375. The van der Waals surface area contributed by atoms with Crippen molar-refractivity contribution in [2.45, 2.75) is 25.9 Å². The van der Waals surface area contributed by atoms with Gasteiger partial charge in [0.15, 0.2) is 0 Å². The summed E-state index contributed by atoms with van der Waals surface area (Å²) in [5.74, 6) is 0.902. The van der Waals surface area contributed by atoms with Gasteiger partial charge in [-0.1, -0.05) is 6.07 Å². The molecule has 0 saturated carbocycles. The van der Waals surface area contributed by atoms with Crippen LogP contribution in [0.1, 0.15) is 18.4 Å². The number of rotatable bonds is 5. The first-order valence-electron chi connectivity index (χ1n) is 7.42. The molecule has 1 unspecified atom stereocenters. The third kappa shape index (κ3) is 3.71. The Morgan fingerprint density at radius 1 is 1.36 bits per heavy atom. The molecule has 0 bridgehead atoms. The quantitative estimate of drug-likeness (QED) is 0.888. The van der Waals surface area contributed by atoms with Crippen molar-refractivity contribution >= 4 is 17.5 Å². The Bertz CT molecular complexity index is 644. The number of ether oxygens (including phenoxy) is 1. The van der Waals surface area contributed by atoms with Crippen LogP contribution >= 0.6 is 0 Å². The molecule has 2 aromatic rings. The highest BCUT2D eigenvalue weighted by Gasteiger charge is 2.15. The lowest BCUT2D eigenvalue weighted by atomic mass is 10.2. The van der Waals surface area contributed by atoms with Crippen molar-refractivity contribution in [2.75, 3.05) is 23.8 Å². The van der Waals surface area contributed by atoms with E-state index in [0.717, 1.165) is 31.8 Å². The molecule has 1 aromatic carbocycles. The Labute approximate surface area is 128 Å². The van der Waals surface area contributed by atoms with Crippen LogP contribution in [0.15, 0.2) is 30.5 Å². The Kier molecular flexibility index (Phi) is 4.48. The lowest BCUT2D eigenvalue weighted by molar-refractivity contribution is 0.120. The van der Waals surface area contributed by atoms with Crippen molar-refractivity contribution in [3.05, 3.63) is 41.8 Å². The van der Waals surface area contributed by atoms with Crippen molar-refractivity contribution in [1.82, 2.24) is 9.97 Å². The normalized spacial score (nSPS) is 17.5. The molecule has 1 aromatic heterocycles. The Morgan fingerprint density at radius 2 is 2.27 bits per heavy atom. The van der Waals surface area contributed by atoms with E-state index in [-0.39, 0.29) is 11.9 Å². The molecule has 1 aliphatic rings. The molecule has 2 N–H and O–H groups in total. The van der Waals surface area contributed by atoms with E-state index in [1.165, 1.54) is 6.07 Å². The van der Waals surface area contributed by atoms with Crippen LogP contribution in [-0.2, 0) is 4.74 Å². The van der Waals surface area contributed by atoms with Crippen molar-refractivity contribution in [2.24, 2.45) is 0 Å². The average molecular weight is 302 g/mol. The highest BCUT2D eigenvalue weighted by atomic mass is 19.1. The fourth-order valence-electron chi connectivity index (χ4n) is 2.34. The molecule has 1 fully saturated rings. The van der Waals surface area contributed by atoms with Gasteiger partial charge >= 0.3 is 0 Å². The summed E-state index contributed by atoms with van der Waals surface area (Å²) in [5, 5.41) is 6.25. The number of halogens is 1. The largest absolute Gasteiger partial charge is 0.376 e. The van der Waals surface area contributed by atoms with Gasteiger partial charge in [-0.15, -0.1) is 0 Å². The van der Waals surface area contributed by atoms with E-state index in [2.05, 4.69) is 20.6 Å². The number of benzene rings is 1. The van der Waals surface area contributed by atoms with Gasteiger partial charge in [0, 0.05) is 25.0 Å². The Balaban J connectivity index is 1.63. The van der Waals surface area contributed by atoms with Gasteiger partial charge < -0.3 is 15.4 Å². The van der Waals surface area contributed by atoms with Crippen LogP contribution in [0, 0.1) is 12.7 Å². The van der Waals surface area contributed by atoms with E-state index in [1.54, 1.807) is 31.3 Å². The molecule has 0 spiro atoms. The average Bonchev–Trinajstić information content (AvgIpc) is 3.03. The summed E-state index contributed by atoms with van der Waals surface area (Å²) in [6.45, 7) is 3.29. The minimum Gasteiger partial charge on any atom is -0.376 e. The fourth-order valence-corrected chi connectivity index (χ4v) is 2.34. The van der Waals surface area contributed by atoms with E-state index in [9.17, 15) is 4.39 Å².